The Balaban J connectivity index is 1.94. The molecule has 0 saturated heterocycles. The van der Waals surface area contributed by atoms with Crippen molar-refractivity contribution in [3.63, 3.8) is 0 Å². The van der Waals surface area contributed by atoms with E-state index in [1.807, 2.05) is 0 Å². The van der Waals surface area contributed by atoms with E-state index in [0.29, 0.717) is 11.8 Å². The van der Waals surface area contributed by atoms with Gasteiger partial charge in [-0.1, -0.05) is 29.8 Å². The van der Waals surface area contributed by atoms with Crippen LogP contribution >= 0.6 is 11.6 Å². The number of rotatable bonds is 4. The second kappa shape index (κ2) is 6.37. The summed E-state index contributed by atoms with van der Waals surface area (Å²) in [7, 11) is 0. The maximum Gasteiger partial charge on any atom is 0.433 e. The first-order valence-electron chi connectivity index (χ1n) is 6.08. The van der Waals surface area contributed by atoms with Crippen molar-refractivity contribution in [2.45, 2.75) is 11.3 Å². The molecule has 22 heavy (non-hydrogen) atoms. The molecule has 0 spiro atoms. The third-order valence-corrected chi connectivity index (χ3v) is 2.92. The first-order valence-corrected chi connectivity index (χ1v) is 6.46. The Bertz CT molecular complexity index is 604. The lowest BCUT2D eigenvalue weighted by molar-refractivity contribution is -0.133. The van der Waals surface area contributed by atoms with Crippen LogP contribution in [0.1, 0.15) is 0 Å². The number of alkyl halides is 4. The van der Waals surface area contributed by atoms with Gasteiger partial charge in [0, 0.05) is 6.08 Å². The minimum Gasteiger partial charge on any atom is -0.426 e. The summed E-state index contributed by atoms with van der Waals surface area (Å²) >= 11 is 5.93. The van der Waals surface area contributed by atoms with E-state index >= 15 is 0 Å². The molecule has 1 aliphatic rings. The number of esters is 1. The molecule has 2 N–H and O–H groups in total. The molecule has 0 amide bonds. The van der Waals surface area contributed by atoms with E-state index in [1.54, 1.807) is 30.3 Å². The van der Waals surface area contributed by atoms with E-state index in [9.17, 15) is 18.0 Å². The van der Waals surface area contributed by atoms with Crippen LogP contribution in [0.3, 0.4) is 0 Å². The van der Waals surface area contributed by atoms with Crippen molar-refractivity contribution in [2.24, 2.45) is 4.99 Å². The van der Waals surface area contributed by atoms with Gasteiger partial charge in [0.1, 0.15) is 11.4 Å². The average molecular weight is 334 g/mol. The Hall–Kier alpha value is -2.06. The van der Waals surface area contributed by atoms with Crippen molar-refractivity contribution in [2.75, 3.05) is 6.54 Å². The second-order valence-electron chi connectivity index (χ2n) is 4.28. The van der Waals surface area contributed by atoms with Gasteiger partial charge in [-0.3, -0.25) is 10.1 Å². The largest absolute Gasteiger partial charge is 0.433 e. The molecule has 1 aromatic rings. The Morgan fingerprint density at radius 3 is 2.68 bits per heavy atom. The van der Waals surface area contributed by atoms with Gasteiger partial charge in [-0.25, -0.2) is 4.99 Å². The normalized spacial score (nSPS) is 21.0. The molecule has 1 heterocycles. The minimum atomic E-state index is -4.63. The maximum atomic E-state index is 12.6. The molecule has 0 bridgehead atoms. The second-order valence-corrected chi connectivity index (χ2v) is 4.88. The number of benzene rings is 1. The van der Waals surface area contributed by atoms with Gasteiger partial charge in [-0.2, -0.15) is 13.2 Å². The zero-order valence-electron chi connectivity index (χ0n) is 11.0. The molecule has 5 nitrogen and oxygen atoms in total. The zero-order valence-corrected chi connectivity index (χ0v) is 11.8. The number of carbonyl (C=O) groups is 1. The molecule has 1 aliphatic heterocycles. The van der Waals surface area contributed by atoms with E-state index in [4.69, 9.17) is 16.3 Å². The molecule has 118 valence electrons. The van der Waals surface area contributed by atoms with E-state index in [0.717, 1.165) is 6.34 Å². The number of para-hydroxylation sites is 1. The SMILES string of the molecule is O=C(CNC1(Cl)C=C(C(F)(F)F)N=CN1)Oc1ccccc1. The molecule has 1 atom stereocenters. The van der Waals surface area contributed by atoms with Gasteiger partial charge >= 0.3 is 12.1 Å². The number of halogens is 4. The lowest BCUT2D eigenvalue weighted by Crippen LogP contribution is -2.54. The van der Waals surface area contributed by atoms with Crippen molar-refractivity contribution in [1.82, 2.24) is 10.6 Å². The van der Waals surface area contributed by atoms with Crippen molar-refractivity contribution in [1.29, 1.82) is 0 Å². The molecule has 1 aromatic carbocycles. The molecule has 0 aliphatic carbocycles. The van der Waals surface area contributed by atoms with Crippen LogP contribution in [0.2, 0.25) is 0 Å². The van der Waals surface area contributed by atoms with Crippen LogP contribution in [-0.4, -0.2) is 30.2 Å². The summed E-state index contributed by atoms with van der Waals surface area (Å²) in [5.74, 6) is -0.375. The van der Waals surface area contributed by atoms with Crippen molar-refractivity contribution >= 4 is 23.9 Å². The summed E-state index contributed by atoms with van der Waals surface area (Å²) in [4.78, 5) is 14.8. The standard InChI is InChI=1S/C13H11ClF3N3O2/c14-12(6-10(13(15,16)17)18-8-20-12)19-7-11(21)22-9-4-2-1-3-5-9/h1-6,8,19H,7H2,(H,18,20). The Morgan fingerprint density at radius 1 is 1.36 bits per heavy atom. The lowest BCUT2D eigenvalue weighted by Gasteiger charge is -2.28. The fourth-order valence-corrected chi connectivity index (χ4v) is 1.80. The van der Waals surface area contributed by atoms with E-state index in [1.165, 1.54) is 0 Å². The number of ether oxygens (including phenoxy) is 1. The number of nitrogens with one attached hydrogen (secondary N) is 2. The van der Waals surface area contributed by atoms with Crippen LogP contribution in [0, 0.1) is 0 Å². The summed E-state index contributed by atoms with van der Waals surface area (Å²) in [5, 5.41) is 3.05. The summed E-state index contributed by atoms with van der Waals surface area (Å²) < 4.78 is 42.7. The van der Waals surface area contributed by atoms with E-state index in [-0.39, 0.29) is 0 Å². The summed E-state index contributed by atoms with van der Waals surface area (Å²) in [5.41, 5.74) is -1.16. The fourth-order valence-electron chi connectivity index (χ4n) is 1.58. The number of allylic oxidation sites excluding steroid dienone is 1. The molecular weight excluding hydrogens is 323 g/mol. The van der Waals surface area contributed by atoms with E-state index in [2.05, 4.69) is 15.6 Å². The highest BCUT2D eigenvalue weighted by Gasteiger charge is 2.39. The van der Waals surface area contributed by atoms with Crippen LogP contribution in [-0.2, 0) is 4.79 Å². The Morgan fingerprint density at radius 2 is 2.05 bits per heavy atom. The predicted molar refractivity (Wildman–Crippen MR) is 74.4 cm³/mol. The van der Waals surface area contributed by atoms with Gasteiger partial charge < -0.3 is 10.1 Å². The zero-order chi connectivity index (χ0) is 16.2. The van der Waals surface area contributed by atoms with Gasteiger partial charge in [-0.05, 0) is 12.1 Å². The number of hydrogen-bond donors (Lipinski definition) is 2. The van der Waals surface area contributed by atoms with Gasteiger partial charge in [0.15, 0.2) is 5.12 Å². The maximum absolute atomic E-state index is 12.6. The fraction of sp³-hybridized carbons (Fsp3) is 0.231. The molecule has 0 aromatic heterocycles. The van der Waals surface area contributed by atoms with Crippen molar-refractivity contribution in [3.8, 4) is 5.75 Å². The molecule has 0 radical (unpaired) electrons. The summed E-state index contributed by atoms with van der Waals surface area (Å²) in [6, 6.07) is 8.24. The summed E-state index contributed by atoms with van der Waals surface area (Å²) in [6.45, 7) is -0.402. The molecule has 1 unspecified atom stereocenters. The lowest BCUT2D eigenvalue weighted by atomic mass is 10.3. The van der Waals surface area contributed by atoms with Crippen molar-refractivity contribution in [3.05, 3.63) is 42.1 Å². The first-order chi connectivity index (χ1) is 10.3. The Labute approximate surface area is 128 Å². The molecule has 2 rings (SSSR count). The first kappa shape index (κ1) is 16.3. The third-order valence-electron chi connectivity index (χ3n) is 2.57. The monoisotopic (exact) mass is 333 g/mol. The molecule has 0 fully saturated rings. The van der Waals surface area contributed by atoms with Gasteiger partial charge in [-0.15, -0.1) is 0 Å². The number of hydrogen-bond acceptors (Lipinski definition) is 5. The number of nitrogens with zero attached hydrogens (tertiary/aromatic N) is 1. The smallest absolute Gasteiger partial charge is 0.426 e. The van der Waals surface area contributed by atoms with Crippen molar-refractivity contribution < 1.29 is 22.7 Å². The van der Waals surface area contributed by atoms with Crippen LogP contribution < -0.4 is 15.4 Å². The highest BCUT2D eigenvalue weighted by molar-refractivity contribution is 6.25. The van der Waals surface area contributed by atoms with E-state index < -0.39 is 29.5 Å². The van der Waals surface area contributed by atoms with Crippen LogP contribution in [0.4, 0.5) is 13.2 Å². The highest BCUT2D eigenvalue weighted by atomic mass is 35.5. The van der Waals surface area contributed by atoms with Crippen LogP contribution in [0.25, 0.3) is 0 Å². The Kier molecular flexibility index (Phi) is 4.72. The minimum absolute atomic E-state index is 0.322. The van der Waals surface area contributed by atoms with Gasteiger partial charge in [0.2, 0.25) is 0 Å². The van der Waals surface area contributed by atoms with Crippen LogP contribution in [0.5, 0.6) is 5.75 Å². The topological polar surface area (TPSA) is 62.7 Å². The third kappa shape index (κ3) is 4.47. The predicted octanol–water partition coefficient (Wildman–Crippen LogP) is 2.15. The van der Waals surface area contributed by atoms with Gasteiger partial charge in [0.25, 0.3) is 0 Å². The average Bonchev–Trinajstić information content (AvgIpc) is 2.46. The van der Waals surface area contributed by atoms with Crippen LogP contribution in [0.15, 0.2) is 47.1 Å². The molecule has 0 saturated carbocycles. The summed E-state index contributed by atoms with van der Waals surface area (Å²) in [6.07, 6.45) is -3.18. The number of carbonyl (C=O) groups excluding carboxylic acids is 1. The molecule has 9 heteroatoms. The van der Waals surface area contributed by atoms with Gasteiger partial charge in [0.05, 0.1) is 12.9 Å². The number of aliphatic imine (C=N–C) groups is 1. The molecular formula is C13H11ClF3N3O2. The quantitative estimate of drug-likeness (QED) is 0.383. The highest BCUT2D eigenvalue weighted by Crippen LogP contribution is 2.30.